The number of alkyl carbamates (subject to hydrolysis) is 1. The van der Waals surface area contributed by atoms with Crippen LogP contribution in [-0.2, 0) is 16.0 Å². The third-order valence-corrected chi connectivity index (χ3v) is 8.12. The number of amides is 2. The molecule has 0 aliphatic heterocycles. The van der Waals surface area contributed by atoms with Crippen molar-refractivity contribution in [2.24, 2.45) is 17.8 Å². The topological polar surface area (TPSA) is 116 Å². The number of allylic oxidation sites excluding steroid dienone is 1. The average Bonchev–Trinajstić information content (AvgIpc) is 3.59. The van der Waals surface area contributed by atoms with Gasteiger partial charge in [-0.2, -0.15) is 0 Å². The number of fused-ring (bicyclic) bond motifs is 3. The quantitative estimate of drug-likeness (QED) is 0.188. The van der Waals surface area contributed by atoms with Crippen molar-refractivity contribution in [3.8, 4) is 11.1 Å². The van der Waals surface area contributed by atoms with Crippen LogP contribution in [0.25, 0.3) is 11.1 Å². The number of H-pyrrole nitrogens is 1. The van der Waals surface area contributed by atoms with Gasteiger partial charge in [-0.15, -0.1) is 6.58 Å². The first-order chi connectivity index (χ1) is 20.2. The van der Waals surface area contributed by atoms with Gasteiger partial charge in [-0.3, -0.25) is 4.79 Å². The molecule has 4 N–H and O–H groups in total. The summed E-state index contributed by atoms with van der Waals surface area (Å²) >= 11 is 0. The van der Waals surface area contributed by atoms with Gasteiger partial charge in [0, 0.05) is 24.2 Å². The molecule has 4 rings (SSSR count). The van der Waals surface area contributed by atoms with Crippen LogP contribution in [0.5, 0.6) is 0 Å². The number of hydrogen-bond donors (Lipinski definition) is 4. The lowest BCUT2D eigenvalue weighted by molar-refractivity contribution is -0.125. The number of aliphatic hydroxyl groups is 1. The SMILES string of the molecule is C=CC(C[C@H](O)[C@H](CC(C)C)NC(=O)[C@H](Cc1cnc[nH]1)NC(=O)OCC1c2ccccc2-c2ccccc21)C(C)C. The number of hydrogen-bond acceptors (Lipinski definition) is 5. The molecule has 0 bridgehead atoms. The Kier molecular flexibility index (Phi) is 10.6. The number of ether oxygens (including phenoxy) is 1. The van der Waals surface area contributed by atoms with Crippen LogP contribution in [0.3, 0.4) is 0 Å². The van der Waals surface area contributed by atoms with Crippen molar-refractivity contribution < 1.29 is 19.4 Å². The number of aliphatic hydroxyl groups excluding tert-OH is 1. The van der Waals surface area contributed by atoms with Crippen molar-refractivity contribution in [3.05, 3.63) is 90.5 Å². The number of aromatic nitrogens is 2. The van der Waals surface area contributed by atoms with Crippen LogP contribution >= 0.6 is 0 Å². The molecule has 8 nitrogen and oxygen atoms in total. The Bertz CT molecular complexity index is 1290. The van der Waals surface area contributed by atoms with Gasteiger partial charge in [-0.1, -0.05) is 82.3 Å². The summed E-state index contributed by atoms with van der Waals surface area (Å²) in [5, 5.41) is 17.0. The predicted octanol–water partition coefficient (Wildman–Crippen LogP) is 5.60. The number of imidazole rings is 1. The molecule has 4 atom stereocenters. The minimum Gasteiger partial charge on any atom is -0.449 e. The summed E-state index contributed by atoms with van der Waals surface area (Å²) in [4.78, 5) is 33.8. The molecule has 1 aliphatic carbocycles. The Morgan fingerprint density at radius 3 is 2.21 bits per heavy atom. The van der Waals surface area contributed by atoms with Gasteiger partial charge >= 0.3 is 6.09 Å². The summed E-state index contributed by atoms with van der Waals surface area (Å²) in [5.74, 6) is 0.199. The van der Waals surface area contributed by atoms with Crippen molar-refractivity contribution in [1.29, 1.82) is 0 Å². The third-order valence-electron chi connectivity index (χ3n) is 8.12. The maximum atomic E-state index is 13.6. The van der Waals surface area contributed by atoms with Crippen LogP contribution in [-0.4, -0.2) is 51.9 Å². The molecule has 8 heteroatoms. The molecule has 1 aliphatic rings. The molecule has 1 unspecified atom stereocenters. The number of aromatic amines is 1. The molecule has 0 saturated carbocycles. The van der Waals surface area contributed by atoms with Crippen molar-refractivity contribution in [2.75, 3.05) is 6.61 Å². The second-order valence-corrected chi connectivity index (χ2v) is 12.0. The molecular formula is C34H44N4O4. The molecule has 2 amide bonds. The van der Waals surface area contributed by atoms with Crippen molar-refractivity contribution in [2.45, 2.75) is 71.1 Å². The van der Waals surface area contributed by atoms with E-state index in [0.717, 1.165) is 22.3 Å². The fourth-order valence-electron chi connectivity index (χ4n) is 5.79. The molecular weight excluding hydrogens is 528 g/mol. The van der Waals surface area contributed by atoms with Gasteiger partial charge in [-0.05, 0) is 52.8 Å². The van der Waals surface area contributed by atoms with E-state index in [9.17, 15) is 14.7 Å². The molecule has 0 fully saturated rings. The summed E-state index contributed by atoms with van der Waals surface area (Å²) in [6.45, 7) is 12.4. The van der Waals surface area contributed by atoms with Gasteiger partial charge < -0.3 is 25.5 Å². The number of nitrogens with one attached hydrogen (secondary N) is 3. The molecule has 42 heavy (non-hydrogen) atoms. The second kappa shape index (κ2) is 14.3. The highest BCUT2D eigenvalue weighted by Crippen LogP contribution is 2.44. The maximum Gasteiger partial charge on any atom is 0.407 e. The van der Waals surface area contributed by atoms with Gasteiger partial charge in [0.2, 0.25) is 5.91 Å². The summed E-state index contributed by atoms with van der Waals surface area (Å²) in [6, 6.07) is 14.9. The van der Waals surface area contributed by atoms with E-state index in [0.29, 0.717) is 24.5 Å². The molecule has 0 spiro atoms. The van der Waals surface area contributed by atoms with E-state index in [1.54, 1.807) is 6.20 Å². The molecule has 1 heterocycles. The van der Waals surface area contributed by atoms with E-state index in [1.807, 2.05) is 30.3 Å². The second-order valence-electron chi connectivity index (χ2n) is 12.0. The summed E-state index contributed by atoms with van der Waals surface area (Å²) in [6.07, 6.45) is 4.86. The van der Waals surface area contributed by atoms with Crippen LogP contribution < -0.4 is 10.6 Å². The summed E-state index contributed by atoms with van der Waals surface area (Å²) in [7, 11) is 0. The number of nitrogens with zero attached hydrogens (tertiary/aromatic N) is 1. The normalized spacial score (nSPS) is 15.4. The minimum absolute atomic E-state index is 0.0904. The Balaban J connectivity index is 1.45. The maximum absolute atomic E-state index is 13.6. The van der Waals surface area contributed by atoms with Crippen LogP contribution in [0, 0.1) is 17.8 Å². The van der Waals surface area contributed by atoms with Crippen molar-refractivity contribution in [1.82, 2.24) is 20.6 Å². The van der Waals surface area contributed by atoms with Crippen molar-refractivity contribution >= 4 is 12.0 Å². The van der Waals surface area contributed by atoms with Gasteiger partial charge in [0.1, 0.15) is 12.6 Å². The zero-order chi connectivity index (χ0) is 30.2. The predicted molar refractivity (Wildman–Crippen MR) is 165 cm³/mol. The zero-order valence-electron chi connectivity index (χ0n) is 25.0. The van der Waals surface area contributed by atoms with Gasteiger partial charge in [0.25, 0.3) is 0 Å². The first kappa shape index (κ1) is 31.0. The number of benzene rings is 2. The number of carbonyl (C=O) groups excluding carboxylic acids is 2. The highest BCUT2D eigenvalue weighted by atomic mass is 16.5. The van der Waals surface area contributed by atoms with Crippen LogP contribution in [0.15, 0.2) is 73.7 Å². The highest BCUT2D eigenvalue weighted by molar-refractivity contribution is 5.86. The fraction of sp³-hybridized carbons (Fsp3) is 0.441. The summed E-state index contributed by atoms with van der Waals surface area (Å²) in [5.41, 5.74) is 5.21. The largest absolute Gasteiger partial charge is 0.449 e. The van der Waals surface area contributed by atoms with E-state index in [4.69, 9.17) is 4.74 Å². The van der Waals surface area contributed by atoms with E-state index < -0.39 is 24.3 Å². The van der Waals surface area contributed by atoms with Crippen molar-refractivity contribution in [3.63, 3.8) is 0 Å². The van der Waals surface area contributed by atoms with Gasteiger partial charge in [0.05, 0.1) is 18.5 Å². The fourth-order valence-corrected chi connectivity index (χ4v) is 5.79. The van der Waals surface area contributed by atoms with Crippen LogP contribution in [0.2, 0.25) is 0 Å². The standard InChI is InChI=1S/C34H44N4O4/c1-6-23(22(4)5)16-32(39)30(15-21(2)3)37-33(40)31(17-24-18-35-20-36-24)38-34(41)42-19-29-27-13-9-7-11-25(27)26-12-8-10-14-28(26)29/h6-14,18,20-23,29-32,39H,1,15-17,19H2,2-5H3,(H,35,36)(H,37,40)(H,38,41)/t23?,30-,31-,32-/m0/s1. The monoisotopic (exact) mass is 572 g/mol. The molecule has 1 aromatic heterocycles. The molecule has 2 aromatic carbocycles. The molecule has 0 radical (unpaired) electrons. The lowest BCUT2D eigenvalue weighted by atomic mass is 9.86. The average molecular weight is 573 g/mol. The minimum atomic E-state index is -0.928. The van der Waals surface area contributed by atoms with Crippen LogP contribution in [0.1, 0.15) is 63.3 Å². The Labute approximate surface area is 249 Å². The van der Waals surface area contributed by atoms with Gasteiger partial charge in [-0.25, -0.2) is 9.78 Å². The summed E-state index contributed by atoms with van der Waals surface area (Å²) < 4.78 is 5.73. The molecule has 0 saturated heterocycles. The molecule has 224 valence electrons. The van der Waals surface area contributed by atoms with E-state index in [-0.39, 0.29) is 36.7 Å². The van der Waals surface area contributed by atoms with E-state index in [1.165, 1.54) is 6.33 Å². The first-order valence-corrected chi connectivity index (χ1v) is 14.9. The Morgan fingerprint density at radius 2 is 1.67 bits per heavy atom. The lowest BCUT2D eigenvalue weighted by Gasteiger charge is -2.30. The Morgan fingerprint density at radius 1 is 1.02 bits per heavy atom. The number of rotatable bonds is 14. The Hall–Kier alpha value is -3.91. The highest BCUT2D eigenvalue weighted by Gasteiger charge is 2.32. The zero-order valence-corrected chi connectivity index (χ0v) is 25.0. The number of carbonyl (C=O) groups is 2. The molecule has 3 aromatic rings. The smallest absolute Gasteiger partial charge is 0.407 e. The third kappa shape index (κ3) is 7.68. The first-order valence-electron chi connectivity index (χ1n) is 14.9. The van der Waals surface area contributed by atoms with Crippen LogP contribution in [0.4, 0.5) is 4.79 Å². The lowest BCUT2D eigenvalue weighted by Crippen LogP contribution is -2.54. The van der Waals surface area contributed by atoms with E-state index >= 15 is 0 Å². The van der Waals surface area contributed by atoms with Gasteiger partial charge in [0.15, 0.2) is 0 Å². The van der Waals surface area contributed by atoms with E-state index in [2.05, 4.69) is 79.1 Å².